The molecule has 0 aliphatic heterocycles. The van der Waals surface area contributed by atoms with Gasteiger partial charge in [0.15, 0.2) is 17.2 Å². The number of nitrogens with one attached hydrogen (secondary N) is 2. The molecule has 0 unspecified atom stereocenters. The van der Waals surface area contributed by atoms with Gasteiger partial charge in [-0.05, 0) is 24.3 Å². The van der Waals surface area contributed by atoms with Gasteiger partial charge in [0.1, 0.15) is 6.61 Å². The van der Waals surface area contributed by atoms with Crippen LogP contribution >= 0.6 is 0 Å². The van der Waals surface area contributed by atoms with E-state index in [1.54, 1.807) is 37.7 Å². The SMILES string of the molecule is COc1ccc(NC(=O)c2n[nH]c3ccccc23)cc1OCc1cccnc1. The van der Waals surface area contributed by atoms with Crippen LogP contribution in [-0.4, -0.2) is 28.2 Å². The van der Waals surface area contributed by atoms with Gasteiger partial charge in [-0.15, -0.1) is 0 Å². The number of anilines is 1. The Morgan fingerprint density at radius 2 is 2.00 bits per heavy atom. The highest BCUT2D eigenvalue weighted by molar-refractivity contribution is 6.11. The van der Waals surface area contributed by atoms with Crippen molar-refractivity contribution in [2.75, 3.05) is 12.4 Å². The molecule has 28 heavy (non-hydrogen) atoms. The van der Waals surface area contributed by atoms with E-state index < -0.39 is 0 Å². The molecule has 0 bridgehead atoms. The largest absolute Gasteiger partial charge is 0.493 e. The number of H-pyrrole nitrogens is 1. The number of fused-ring (bicyclic) bond motifs is 1. The van der Waals surface area contributed by atoms with Gasteiger partial charge in [0.05, 0.1) is 12.6 Å². The maximum Gasteiger partial charge on any atom is 0.276 e. The van der Waals surface area contributed by atoms with Gasteiger partial charge in [0, 0.05) is 35.1 Å². The molecular weight excluding hydrogens is 356 g/mol. The molecule has 0 saturated carbocycles. The van der Waals surface area contributed by atoms with E-state index in [0.717, 1.165) is 16.5 Å². The molecule has 140 valence electrons. The Morgan fingerprint density at radius 3 is 2.82 bits per heavy atom. The maximum absolute atomic E-state index is 12.7. The molecule has 4 rings (SSSR count). The summed E-state index contributed by atoms with van der Waals surface area (Å²) < 4.78 is 11.2. The summed E-state index contributed by atoms with van der Waals surface area (Å²) >= 11 is 0. The van der Waals surface area contributed by atoms with Gasteiger partial charge in [-0.2, -0.15) is 5.10 Å². The molecule has 1 amide bonds. The monoisotopic (exact) mass is 374 g/mol. The quantitative estimate of drug-likeness (QED) is 0.536. The average molecular weight is 374 g/mol. The van der Waals surface area contributed by atoms with Crippen molar-refractivity contribution in [2.24, 2.45) is 0 Å². The van der Waals surface area contributed by atoms with Crippen LogP contribution in [0.15, 0.2) is 67.0 Å². The zero-order valence-electron chi connectivity index (χ0n) is 15.2. The number of aromatic amines is 1. The Morgan fingerprint density at radius 1 is 1.11 bits per heavy atom. The van der Waals surface area contributed by atoms with E-state index in [1.165, 1.54) is 0 Å². The molecule has 7 heteroatoms. The van der Waals surface area contributed by atoms with Crippen molar-refractivity contribution in [2.45, 2.75) is 6.61 Å². The van der Waals surface area contributed by atoms with Gasteiger partial charge in [0.2, 0.25) is 0 Å². The summed E-state index contributed by atoms with van der Waals surface area (Å²) in [5, 5.41) is 10.6. The van der Waals surface area contributed by atoms with E-state index in [9.17, 15) is 4.79 Å². The molecule has 2 aromatic heterocycles. The molecule has 0 radical (unpaired) electrons. The summed E-state index contributed by atoms with van der Waals surface area (Å²) in [5.41, 5.74) is 2.66. The molecule has 0 saturated heterocycles. The lowest BCUT2D eigenvalue weighted by Gasteiger charge is -2.13. The number of nitrogens with zero attached hydrogens (tertiary/aromatic N) is 2. The first-order chi connectivity index (χ1) is 13.7. The number of carbonyl (C=O) groups excluding carboxylic acids is 1. The Bertz CT molecular complexity index is 1110. The number of rotatable bonds is 6. The van der Waals surface area contributed by atoms with E-state index in [4.69, 9.17) is 9.47 Å². The number of hydrogen-bond donors (Lipinski definition) is 2. The van der Waals surface area contributed by atoms with E-state index in [-0.39, 0.29) is 5.91 Å². The van der Waals surface area contributed by atoms with Crippen LogP contribution in [0.1, 0.15) is 16.1 Å². The summed E-state index contributed by atoms with van der Waals surface area (Å²) in [6.45, 7) is 0.339. The Hall–Kier alpha value is -3.87. The van der Waals surface area contributed by atoms with E-state index in [2.05, 4.69) is 20.5 Å². The van der Waals surface area contributed by atoms with E-state index >= 15 is 0 Å². The summed E-state index contributed by atoms with van der Waals surface area (Å²) in [7, 11) is 1.57. The molecule has 0 aliphatic carbocycles. The lowest BCUT2D eigenvalue weighted by Crippen LogP contribution is -2.13. The van der Waals surface area contributed by atoms with Crippen molar-refractivity contribution < 1.29 is 14.3 Å². The first kappa shape index (κ1) is 17.5. The third-order valence-corrected chi connectivity index (χ3v) is 4.22. The van der Waals surface area contributed by atoms with Crippen LogP contribution in [0.25, 0.3) is 10.9 Å². The number of ether oxygens (including phenoxy) is 2. The molecule has 2 aromatic carbocycles. The number of methoxy groups -OCH3 is 1. The summed E-state index contributed by atoms with van der Waals surface area (Å²) in [6.07, 6.45) is 3.44. The van der Waals surface area contributed by atoms with Crippen molar-refractivity contribution in [3.63, 3.8) is 0 Å². The Labute approximate surface area is 161 Å². The number of hydrogen-bond acceptors (Lipinski definition) is 5. The van der Waals surface area contributed by atoms with Crippen LogP contribution in [0.5, 0.6) is 11.5 Å². The van der Waals surface area contributed by atoms with Crippen molar-refractivity contribution in [3.05, 3.63) is 78.2 Å². The molecular formula is C21H18N4O3. The highest BCUT2D eigenvalue weighted by atomic mass is 16.5. The lowest BCUT2D eigenvalue weighted by atomic mass is 10.2. The number of benzene rings is 2. The molecule has 2 N–H and O–H groups in total. The van der Waals surface area contributed by atoms with Gasteiger partial charge >= 0.3 is 0 Å². The minimum atomic E-state index is -0.305. The van der Waals surface area contributed by atoms with E-state index in [0.29, 0.717) is 29.5 Å². The van der Waals surface area contributed by atoms with Crippen molar-refractivity contribution >= 4 is 22.5 Å². The number of para-hydroxylation sites is 1. The van der Waals surface area contributed by atoms with Crippen LogP contribution in [-0.2, 0) is 6.61 Å². The van der Waals surface area contributed by atoms with Gasteiger partial charge in [-0.25, -0.2) is 0 Å². The van der Waals surface area contributed by atoms with Gasteiger partial charge in [0.25, 0.3) is 5.91 Å². The van der Waals surface area contributed by atoms with Crippen LogP contribution in [0.4, 0.5) is 5.69 Å². The fraction of sp³-hybridized carbons (Fsp3) is 0.0952. The fourth-order valence-corrected chi connectivity index (χ4v) is 2.84. The third kappa shape index (κ3) is 3.64. The predicted molar refractivity (Wildman–Crippen MR) is 106 cm³/mol. The lowest BCUT2D eigenvalue weighted by molar-refractivity contribution is 0.102. The Kier molecular flexibility index (Phi) is 4.88. The number of carbonyl (C=O) groups is 1. The van der Waals surface area contributed by atoms with Crippen molar-refractivity contribution in [3.8, 4) is 11.5 Å². The summed E-state index contributed by atoms with van der Waals surface area (Å²) in [4.78, 5) is 16.7. The highest BCUT2D eigenvalue weighted by Crippen LogP contribution is 2.31. The second-order valence-electron chi connectivity index (χ2n) is 6.09. The maximum atomic E-state index is 12.7. The molecule has 7 nitrogen and oxygen atoms in total. The average Bonchev–Trinajstić information content (AvgIpc) is 3.17. The summed E-state index contributed by atoms with van der Waals surface area (Å²) in [5.74, 6) is 0.795. The first-order valence-electron chi connectivity index (χ1n) is 8.69. The van der Waals surface area contributed by atoms with Gasteiger partial charge < -0.3 is 14.8 Å². The highest BCUT2D eigenvalue weighted by Gasteiger charge is 2.15. The minimum Gasteiger partial charge on any atom is -0.493 e. The molecule has 0 aliphatic rings. The standard InChI is InChI=1S/C21H18N4O3/c1-27-18-9-8-15(11-19(18)28-13-14-5-4-10-22-12-14)23-21(26)20-16-6-2-3-7-17(16)24-25-20/h2-12H,13H2,1H3,(H,23,26)(H,24,25). The number of aromatic nitrogens is 3. The van der Waals surface area contributed by atoms with Crippen molar-refractivity contribution in [1.82, 2.24) is 15.2 Å². The van der Waals surface area contributed by atoms with E-state index in [1.807, 2.05) is 36.4 Å². The zero-order valence-corrected chi connectivity index (χ0v) is 15.2. The zero-order chi connectivity index (χ0) is 19.3. The second kappa shape index (κ2) is 7.79. The van der Waals surface area contributed by atoms with Crippen LogP contribution in [0.3, 0.4) is 0 Å². The smallest absolute Gasteiger partial charge is 0.276 e. The molecule has 0 spiro atoms. The predicted octanol–water partition coefficient (Wildman–Crippen LogP) is 3.80. The topological polar surface area (TPSA) is 89.1 Å². The molecule has 4 aromatic rings. The van der Waals surface area contributed by atoms with Crippen LogP contribution in [0.2, 0.25) is 0 Å². The van der Waals surface area contributed by atoms with Crippen LogP contribution in [0, 0.1) is 0 Å². The summed E-state index contributed by atoms with van der Waals surface area (Å²) in [6, 6.07) is 16.5. The third-order valence-electron chi connectivity index (χ3n) is 4.22. The van der Waals surface area contributed by atoms with Crippen molar-refractivity contribution in [1.29, 1.82) is 0 Å². The van der Waals surface area contributed by atoms with Gasteiger partial charge in [-0.3, -0.25) is 14.9 Å². The minimum absolute atomic E-state index is 0.305. The Balaban J connectivity index is 1.53. The molecule has 2 heterocycles. The normalized spacial score (nSPS) is 10.6. The van der Waals surface area contributed by atoms with Crippen LogP contribution < -0.4 is 14.8 Å². The van der Waals surface area contributed by atoms with Gasteiger partial charge in [-0.1, -0.05) is 24.3 Å². The first-order valence-corrected chi connectivity index (χ1v) is 8.69. The number of pyridine rings is 1. The molecule has 0 fully saturated rings. The second-order valence-corrected chi connectivity index (χ2v) is 6.09. The number of amides is 1. The fourth-order valence-electron chi connectivity index (χ4n) is 2.84. The molecule has 0 atom stereocenters.